The van der Waals surface area contributed by atoms with Crippen LogP contribution in [0.4, 0.5) is 11.4 Å². The molecule has 0 aromatic heterocycles. The van der Waals surface area contributed by atoms with Crippen molar-refractivity contribution in [2.45, 2.75) is 32.1 Å². The summed E-state index contributed by atoms with van der Waals surface area (Å²) in [6.45, 7) is 1.27. The van der Waals surface area contributed by atoms with Gasteiger partial charge in [0, 0.05) is 31.6 Å². The number of para-hydroxylation sites is 1. The molecule has 0 bridgehead atoms. The van der Waals surface area contributed by atoms with Crippen molar-refractivity contribution >= 4 is 59.9 Å². The Morgan fingerprint density at radius 2 is 1.30 bits per heavy atom. The van der Waals surface area contributed by atoms with E-state index in [0.717, 1.165) is 12.8 Å². The van der Waals surface area contributed by atoms with Crippen LogP contribution < -0.4 is 43.0 Å². The molecule has 238 valence electrons. The van der Waals surface area contributed by atoms with Gasteiger partial charge in [-0.1, -0.05) is 24.6 Å². The molecule has 3 rings (SSSR count). The predicted octanol–water partition coefficient (Wildman–Crippen LogP) is 4.39. The van der Waals surface area contributed by atoms with E-state index in [-0.39, 0.29) is 54.6 Å². The van der Waals surface area contributed by atoms with Crippen molar-refractivity contribution in [1.29, 1.82) is 0 Å². The lowest BCUT2D eigenvalue weighted by atomic mass is 10.1. The molecule has 3 aromatic carbocycles. The molecule has 0 aliphatic carbocycles. The summed E-state index contributed by atoms with van der Waals surface area (Å²) in [5.41, 5.74) is 22.5. The van der Waals surface area contributed by atoms with Gasteiger partial charge in [0.05, 0.1) is 17.9 Å². The average Bonchev–Trinajstić information content (AvgIpc) is 2.96. The molecule has 0 aliphatic rings. The zero-order chi connectivity index (χ0) is 30.2. The molecule has 0 saturated carbocycles. The Balaban J connectivity index is 0.00000484. The van der Waals surface area contributed by atoms with Crippen LogP contribution in [0.15, 0.2) is 82.8 Å². The van der Waals surface area contributed by atoms with E-state index in [1.165, 1.54) is 0 Å². The Bertz CT molecular complexity index is 1370. The van der Waals surface area contributed by atoms with Crippen molar-refractivity contribution in [1.82, 2.24) is 0 Å². The average molecular weight is 648 g/mol. The van der Waals surface area contributed by atoms with E-state index < -0.39 is 5.91 Å². The molecule has 0 spiro atoms. The molecule has 0 fully saturated rings. The van der Waals surface area contributed by atoms with E-state index >= 15 is 0 Å². The number of ether oxygens (including phenoxy) is 2. The molecule has 14 heteroatoms. The third kappa shape index (κ3) is 14.0. The highest BCUT2D eigenvalue weighted by molar-refractivity contribution is 6.10. The third-order valence-electron chi connectivity index (χ3n) is 5.82. The van der Waals surface area contributed by atoms with Gasteiger partial charge in [0.2, 0.25) is 5.91 Å². The summed E-state index contributed by atoms with van der Waals surface area (Å²) in [5, 5.41) is 5.73. The lowest BCUT2D eigenvalue weighted by Crippen LogP contribution is -2.23. The van der Waals surface area contributed by atoms with Gasteiger partial charge in [-0.25, -0.2) is 0 Å². The molecule has 10 N–H and O–H groups in total. The summed E-state index contributed by atoms with van der Waals surface area (Å²) in [4.78, 5) is 33.9. The molecule has 0 heterocycles. The molecule has 0 atom stereocenters. The van der Waals surface area contributed by atoms with E-state index in [4.69, 9.17) is 32.4 Å². The van der Waals surface area contributed by atoms with Gasteiger partial charge >= 0.3 is 0 Å². The lowest BCUT2D eigenvalue weighted by molar-refractivity contribution is -0.116. The van der Waals surface area contributed by atoms with Crippen molar-refractivity contribution in [3.05, 3.63) is 78.4 Å². The van der Waals surface area contributed by atoms with Crippen molar-refractivity contribution < 1.29 is 19.1 Å². The molecule has 0 radical (unpaired) electrons. The number of nitrogens with one attached hydrogen (secondary N) is 2. The fourth-order valence-electron chi connectivity index (χ4n) is 3.80. The molecular formula is C30H40Cl2N8O4. The quantitative estimate of drug-likeness (QED) is 0.0745. The molecule has 12 nitrogen and oxygen atoms in total. The number of nitrogens with two attached hydrogens (primary N) is 4. The number of rotatable bonds is 16. The fourth-order valence-corrected chi connectivity index (χ4v) is 3.80. The summed E-state index contributed by atoms with van der Waals surface area (Å²) in [5.74, 6) is 1.25. The van der Waals surface area contributed by atoms with Gasteiger partial charge in [-0.05, 0) is 67.4 Å². The van der Waals surface area contributed by atoms with E-state index in [0.29, 0.717) is 61.2 Å². The lowest BCUT2D eigenvalue weighted by Gasteiger charge is -2.14. The number of benzene rings is 3. The van der Waals surface area contributed by atoms with E-state index in [9.17, 15) is 9.59 Å². The number of halogens is 2. The second-order valence-electron chi connectivity index (χ2n) is 9.28. The number of hydrogen-bond acceptors (Lipinski definition) is 6. The standard InChI is InChI=1S/C30H38N8O4.2ClH/c31-29(32)35-17-6-2-5-10-27(39)38-26-16-15-24(41-19-7-18-36-30(33)34)20-25(26)28(40)37-21-11-13-23(14-12-21)42-22-8-3-1-4-9-22;;/h1,3-4,8-9,11-16,20H,2,5-7,10,17-19H2,(H,37,40)(H,38,39)(H4,31,32,35)(H4,33,34,36);2*1H. The zero-order valence-electron chi connectivity index (χ0n) is 24.2. The van der Waals surface area contributed by atoms with Crippen LogP contribution in [-0.4, -0.2) is 43.4 Å². The summed E-state index contributed by atoms with van der Waals surface area (Å²) < 4.78 is 11.6. The molecule has 44 heavy (non-hydrogen) atoms. The van der Waals surface area contributed by atoms with Crippen molar-refractivity contribution in [2.75, 3.05) is 30.3 Å². The van der Waals surface area contributed by atoms with Gasteiger partial charge < -0.3 is 43.0 Å². The zero-order valence-corrected chi connectivity index (χ0v) is 25.9. The Labute approximate surface area is 269 Å². The first-order chi connectivity index (χ1) is 20.3. The van der Waals surface area contributed by atoms with Crippen molar-refractivity contribution in [2.24, 2.45) is 32.9 Å². The van der Waals surface area contributed by atoms with Gasteiger partial charge in [-0.15, -0.1) is 24.8 Å². The minimum Gasteiger partial charge on any atom is -0.494 e. The van der Waals surface area contributed by atoms with Crippen LogP contribution >= 0.6 is 24.8 Å². The van der Waals surface area contributed by atoms with Gasteiger partial charge in [-0.2, -0.15) is 0 Å². The van der Waals surface area contributed by atoms with Crippen LogP contribution in [0.1, 0.15) is 42.5 Å². The normalized spacial score (nSPS) is 9.82. The Morgan fingerprint density at radius 3 is 1.95 bits per heavy atom. The number of carbonyl (C=O) groups excluding carboxylic acids is 2. The van der Waals surface area contributed by atoms with Gasteiger partial charge in [-0.3, -0.25) is 19.6 Å². The number of guanidine groups is 2. The van der Waals surface area contributed by atoms with Gasteiger partial charge in [0.25, 0.3) is 5.91 Å². The van der Waals surface area contributed by atoms with Gasteiger partial charge in [0.1, 0.15) is 17.2 Å². The maximum atomic E-state index is 13.4. The number of aliphatic imine (C=N–C) groups is 2. The number of hydrogen-bond donors (Lipinski definition) is 6. The maximum absolute atomic E-state index is 13.4. The third-order valence-corrected chi connectivity index (χ3v) is 5.82. The van der Waals surface area contributed by atoms with Crippen molar-refractivity contribution in [3.63, 3.8) is 0 Å². The largest absolute Gasteiger partial charge is 0.494 e. The SMILES string of the molecule is Cl.Cl.NC(N)=NCCCCCC(=O)Nc1ccc(OCCCN=C(N)N)cc1C(=O)Nc1ccc(Oc2ccccc2)cc1. The number of anilines is 2. The first kappa shape index (κ1) is 37.3. The summed E-state index contributed by atoms with van der Waals surface area (Å²) in [6, 6.07) is 21.3. The van der Waals surface area contributed by atoms with Crippen LogP contribution in [0.3, 0.4) is 0 Å². The minimum absolute atomic E-state index is 0. The van der Waals surface area contributed by atoms with Crippen LogP contribution in [0.5, 0.6) is 17.2 Å². The topological polar surface area (TPSA) is 205 Å². The number of nitrogens with zero attached hydrogens (tertiary/aromatic N) is 2. The Morgan fingerprint density at radius 1 is 0.682 bits per heavy atom. The van der Waals surface area contributed by atoms with E-state index in [2.05, 4.69) is 20.6 Å². The van der Waals surface area contributed by atoms with Gasteiger partial charge in [0.15, 0.2) is 11.9 Å². The van der Waals surface area contributed by atoms with Crippen LogP contribution in [0.25, 0.3) is 0 Å². The van der Waals surface area contributed by atoms with E-state index in [1.807, 2.05) is 30.3 Å². The first-order valence-electron chi connectivity index (χ1n) is 13.6. The highest BCUT2D eigenvalue weighted by Crippen LogP contribution is 2.26. The Kier molecular flexibility index (Phi) is 17.2. The fraction of sp³-hybridized carbons (Fsp3) is 0.267. The highest BCUT2D eigenvalue weighted by atomic mass is 35.5. The smallest absolute Gasteiger partial charge is 0.257 e. The Hall–Kier alpha value is -4.68. The number of unbranched alkanes of at least 4 members (excludes halogenated alkanes) is 2. The molecule has 0 aliphatic heterocycles. The maximum Gasteiger partial charge on any atom is 0.257 e. The second-order valence-corrected chi connectivity index (χ2v) is 9.28. The molecule has 3 aromatic rings. The van der Waals surface area contributed by atoms with Crippen molar-refractivity contribution in [3.8, 4) is 17.2 Å². The first-order valence-corrected chi connectivity index (χ1v) is 13.6. The number of amides is 2. The monoisotopic (exact) mass is 646 g/mol. The minimum atomic E-state index is -0.412. The second kappa shape index (κ2) is 20.3. The molecule has 2 amide bonds. The number of carbonyl (C=O) groups is 2. The highest BCUT2D eigenvalue weighted by Gasteiger charge is 2.16. The molecular weight excluding hydrogens is 607 g/mol. The summed E-state index contributed by atoms with van der Waals surface area (Å²) >= 11 is 0. The summed E-state index contributed by atoms with van der Waals surface area (Å²) in [7, 11) is 0. The van der Waals surface area contributed by atoms with Crippen LogP contribution in [0, 0.1) is 0 Å². The van der Waals surface area contributed by atoms with Crippen LogP contribution in [-0.2, 0) is 4.79 Å². The molecule has 0 saturated heterocycles. The summed E-state index contributed by atoms with van der Waals surface area (Å²) in [6.07, 6.45) is 3.08. The molecule has 0 unspecified atom stereocenters. The predicted molar refractivity (Wildman–Crippen MR) is 180 cm³/mol. The van der Waals surface area contributed by atoms with Crippen LogP contribution in [0.2, 0.25) is 0 Å². The van der Waals surface area contributed by atoms with E-state index in [1.54, 1.807) is 42.5 Å².